The van der Waals surface area contributed by atoms with Crippen LogP contribution in [-0.2, 0) is 7.05 Å². The minimum Gasteiger partial charge on any atom is -0.422 e. The molecule has 1 aromatic carbocycles. The molecule has 0 saturated heterocycles. The van der Waals surface area contributed by atoms with Gasteiger partial charge in [0.15, 0.2) is 0 Å². The average Bonchev–Trinajstić information content (AvgIpc) is 2.35. The number of pyridine rings is 1. The van der Waals surface area contributed by atoms with Gasteiger partial charge >= 0.3 is 5.97 Å². The second kappa shape index (κ2) is 5.34. The molecule has 18 heavy (non-hydrogen) atoms. The number of esters is 1. The lowest BCUT2D eigenvalue weighted by atomic mass is 10.3. The van der Waals surface area contributed by atoms with Crippen molar-refractivity contribution in [3.63, 3.8) is 0 Å². The predicted octanol–water partition coefficient (Wildman–Crippen LogP) is 2.21. The fourth-order valence-electron chi connectivity index (χ4n) is 1.43. The number of halogens is 1. The van der Waals surface area contributed by atoms with E-state index in [0.29, 0.717) is 5.75 Å². The lowest BCUT2D eigenvalue weighted by molar-refractivity contribution is 0.0723. The molecule has 92 valence electrons. The maximum Gasteiger partial charge on any atom is 0.360 e. The standard InChI is InChI=1S/C13H10INO3/c1-15-11(3-2-4-12(15)16)13(17)18-10-7-5-9(14)6-8-10/h2-8H,1H3. The summed E-state index contributed by atoms with van der Waals surface area (Å²) in [5, 5.41) is 0. The van der Waals surface area contributed by atoms with Crippen molar-refractivity contribution < 1.29 is 9.53 Å². The van der Waals surface area contributed by atoms with Crippen molar-refractivity contribution in [2.24, 2.45) is 7.05 Å². The Balaban J connectivity index is 2.25. The van der Waals surface area contributed by atoms with E-state index < -0.39 is 5.97 Å². The van der Waals surface area contributed by atoms with Gasteiger partial charge in [0.05, 0.1) is 0 Å². The zero-order chi connectivity index (χ0) is 13.1. The van der Waals surface area contributed by atoms with Crippen molar-refractivity contribution >= 4 is 28.6 Å². The Labute approximate surface area is 117 Å². The van der Waals surface area contributed by atoms with Gasteiger partial charge in [-0.3, -0.25) is 4.79 Å². The van der Waals surface area contributed by atoms with Crippen LogP contribution in [0.1, 0.15) is 10.5 Å². The summed E-state index contributed by atoms with van der Waals surface area (Å²) in [6.45, 7) is 0. The highest BCUT2D eigenvalue weighted by atomic mass is 127. The molecule has 2 aromatic rings. The summed E-state index contributed by atoms with van der Waals surface area (Å²) >= 11 is 2.17. The van der Waals surface area contributed by atoms with E-state index in [1.165, 1.54) is 23.7 Å². The first kappa shape index (κ1) is 12.8. The molecule has 0 saturated carbocycles. The molecule has 0 fully saturated rings. The summed E-state index contributed by atoms with van der Waals surface area (Å²) in [6.07, 6.45) is 0. The number of carbonyl (C=O) groups excluding carboxylic acids is 1. The number of aromatic nitrogens is 1. The number of ether oxygens (including phenoxy) is 1. The number of carbonyl (C=O) groups is 1. The molecule has 0 aliphatic rings. The van der Waals surface area contributed by atoms with E-state index in [0.717, 1.165) is 3.57 Å². The van der Waals surface area contributed by atoms with Gasteiger partial charge in [0.1, 0.15) is 11.4 Å². The molecule has 0 aliphatic heterocycles. The van der Waals surface area contributed by atoms with Gasteiger partial charge in [-0.15, -0.1) is 0 Å². The van der Waals surface area contributed by atoms with Crippen LogP contribution in [0.15, 0.2) is 47.3 Å². The molecule has 2 rings (SSSR count). The second-order valence-electron chi connectivity index (χ2n) is 3.65. The zero-order valence-electron chi connectivity index (χ0n) is 9.59. The Kier molecular flexibility index (Phi) is 3.81. The molecular formula is C13H10INO3. The molecule has 1 heterocycles. The summed E-state index contributed by atoms with van der Waals surface area (Å²) in [6, 6.07) is 11.6. The Morgan fingerprint density at radius 3 is 2.50 bits per heavy atom. The largest absolute Gasteiger partial charge is 0.422 e. The summed E-state index contributed by atoms with van der Waals surface area (Å²) in [7, 11) is 1.53. The van der Waals surface area contributed by atoms with Crippen LogP contribution in [0.25, 0.3) is 0 Å². The van der Waals surface area contributed by atoms with E-state index in [9.17, 15) is 9.59 Å². The molecule has 1 aromatic heterocycles. The van der Waals surface area contributed by atoms with Crippen molar-refractivity contribution in [2.75, 3.05) is 0 Å². The van der Waals surface area contributed by atoms with Crippen LogP contribution >= 0.6 is 22.6 Å². The molecule has 0 amide bonds. The SMILES string of the molecule is Cn1c(C(=O)Oc2ccc(I)cc2)cccc1=O. The molecule has 0 atom stereocenters. The van der Waals surface area contributed by atoms with E-state index in [2.05, 4.69) is 22.6 Å². The Hall–Kier alpha value is -1.63. The molecule has 4 nitrogen and oxygen atoms in total. The monoisotopic (exact) mass is 355 g/mol. The van der Waals surface area contributed by atoms with Crippen molar-refractivity contribution in [3.05, 3.63) is 62.1 Å². The van der Waals surface area contributed by atoms with E-state index in [1.54, 1.807) is 18.2 Å². The van der Waals surface area contributed by atoms with Gasteiger partial charge in [0.2, 0.25) is 0 Å². The molecule has 0 spiro atoms. The first-order valence-electron chi connectivity index (χ1n) is 5.22. The fourth-order valence-corrected chi connectivity index (χ4v) is 1.79. The second-order valence-corrected chi connectivity index (χ2v) is 4.90. The fraction of sp³-hybridized carbons (Fsp3) is 0.0769. The number of rotatable bonds is 2. The van der Waals surface area contributed by atoms with E-state index in [1.807, 2.05) is 12.1 Å². The average molecular weight is 355 g/mol. The molecule has 5 heteroatoms. The summed E-state index contributed by atoms with van der Waals surface area (Å²) in [5.74, 6) is -0.0897. The van der Waals surface area contributed by atoms with Crippen LogP contribution in [-0.4, -0.2) is 10.5 Å². The van der Waals surface area contributed by atoms with E-state index in [4.69, 9.17) is 4.74 Å². The number of hydrogen-bond acceptors (Lipinski definition) is 3. The molecule has 0 N–H and O–H groups in total. The summed E-state index contributed by atoms with van der Waals surface area (Å²) in [5.41, 5.74) is -0.0203. The lowest BCUT2D eigenvalue weighted by Crippen LogP contribution is -2.24. The molecule has 0 unspecified atom stereocenters. The zero-order valence-corrected chi connectivity index (χ0v) is 11.7. The normalized spacial score (nSPS) is 10.1. The number of hydrogen-bond donors (Lipinski definition) is 0. The summed E-state index contributed by atoms with van der Waals surface area (Å²) < 4.78 is 7.50. The van der Waals surface area contributed by atoms with Gasteiger partial charge in [-0.2, -0.15) is 0 Å². The number of nitrogens with zero attached hydrogens (tertiary/aromatic N) is 1. The van der Waals surface area contributed by atoms with Crippen LogP contribution < -0.4 is 10.3 Å². The third kappa shape index (κ3) is 2.79. The molecular weight excluding hydrogens is 345 g/mol. The quantitative estimate of drug-likeness (QED) is 0.472. The van der Waals surface area contributed by atoms with E-state index in [-0.39, 0.29) is 11.3 Å². The third-order valence-corrected chi connectivity index (χ3v) is 3.14. The topological polar surface area (TPSA) is 48.3 Å². The molecule has 0 aliphatic carbocycles. The van der Waals surface area contributed by atoms with Crippen molar-refractivity contribution in [3.8, 4) is 5.75 Å². The first-order valence-corrected chi connectivity index (χ1v) is 6.29. The van der Waals surface area contributed by atoms with Crippen molar-refractivity contribution in [1.82, 2.24) is 4.57 Å². The van der Waals surface area contributed by atoms with E-state index >= 15 is 0 Å². The minimum absolute atomic E-state index is 0.223. The van der Waals surface area contributed by atoms with Gasteiger partial charge in [-0.25, -0.2) is 4.79 Å². The Bertz CT molecular complexity index is 631. The van der Waals surface area contributed by atoms with Crippen molar-refractivity contribution in [1.29, 1.82) is 0 Å². The van der Waals surface area contributed by atoms with Crippen LogP contribution in [0.2, 0.25) is 0 Å². The predicted molar refractivity (Wildman–Crippen MR) is 75.8 cm³/mol. The maximum absolute atomic E-state index is 11.9. The van der Waals surface area contributed by atoms with Crippen LogP contribution in [0.4, 0.5) is 0 Å². The van der Waals surface area contributed by atoms with Gasteiger partial charge in [0, 0.05) is 16.7 Å². The highest BCUT2D eigenvalue weighted by molar-refractivity contribution is 14.1. The maximum atomic E-state index is 11.9. The van der Waals surface area contributed by atoms with Gasteiger partial charge < -0.3 is 9.30 Å². The van der Waals surface area contributed by atoms with Crippen LogP contribution in [0.3, 0.4) is 0 Å². The van der Waals surface area contributed by atoms with Gasteiger partial charge in [-0.05, 0) is 52.9 Å². The lowest BCUT2D eigenvalue weighted by Gasteiger charge is -2.07. The van der Waals surface area contributed by atoms with Crippen LogP contribution in [0.5, 0.6) is 5.75 Å². The summed E-state index contributed by atoms with van der Waals surface area (Å²) in [4.78, 5) is 23.3. The van der Waals surface area contributed by atoms with Crippen LogP contribution in [0, 0.1) is 3.57 Å². The molecule has 0 bridgehead atoms. The molecule has 0 radical (unpaired) electrons. The number of benzene rings is 1. The highest BCUT2D eigenvalue weighted by Gasteiger charge is 2.12. The van der Waals surface area contributed by atoms with Crippen molar-refractivity contribution in [2.45, 2.75) is 0 Å². The third-order valence-electron chi connectivity index (χ3n) is 2.42. The first-order chi connectivity index (χ1) is 8.58. The van der Waals surface area contributed by atoms with Gasteiger partial charge in [-0.1, -0.05) is 6.07 Å². The highest BCUT2D eigenvalue weighted by Crippen LogP contribution is 2.14. The minimum atomic E-state index is -0.545. The Morgan fingerprint density at radius 1 is 1.17 bits per heavy atom. The van der Waals surface area contributed by atoms with Gasteiger partial charge in [0.25, 0.3) is 5.56 Å². The Morgan fingerprint density at radius 2 is 1.83 bits per heavy atom. The smallest absolute Gasteiger partial charge is 0.360 e.